The standard InChI is InChI=1S/C27H32N4S/c1-17-13-18(2)15-22(14-17)31-26(25(29-27(31)32)24-11-7-8-12-28-24)23-16-19(3)30(20(23)4)21-9-5-6-10-21/h7-8,11-16,21,25-26H,5-6,9-10H2,1-4H3,(H,29,32)/t25-,26-/m1/s1. The molecular weight excluding hydrogens is 412 g/mol. The molecule has 2 aromatic heterocycles. The first kappa shape index (κ1) is 21.2. The van der Waals surface area contributed by atoms with Crippen LogP contribution in [0, 0.1) is 27.7 Å². The van der Waals surface area contributed by atoms with Crippen LogP contribution in [0.3, 0.4) is 0 Å². The molecule has 32 heavy (non-hydrogen) atoms. The van der Waals surface area contributed by atoms with Crippen molar-refractivity contribution >= 4 is 23.0 Å². The fourth-order valence-electron chi connectivity index (χ4n) is 5.87. The first-order valence-electron chi connectivity index (χ1n) is 11.7. The lowest BCUT2D eigenvalue weighted by Crippen LogP contribution is -2.29. The van der Waals surface area contributed by atoms with Crippen molar-refractivity contribution in [1.29, 1.82) is 0 Å². The lowest BCUT2D eigenvalue weighted by atomic mass is 9.96. The Balaban J connectivity index is 1.66. The molecule has 1 saturated heterocycles. The summed E-state index contributed by atoms with van der Waals surface area (Å²) < 4.78 is 2.58. The molecule has 2 atom stereocenters. The van der Waals surface area contributed by atoms with E-state index in [1.807, 2.05) is 12.3 Å². The number of benzene rings is 1. The fourth-order valence-corrected chi connectivity index (χ4v) is 6.21. The van der Waals surface area contributed by atoms with Gasteiger partial charge >= 0.3 is 0 Å². The van der Waals surface area contributed by atoms with Gasteiger partial charge in [-0.25, -0.2) is 0 Å². The molecular formula is C27H32N4S. The predicted octanol–water partition coefficient (Wildman–Crippen LogP) is 6.41. The summed E-state index contributed by atoms with van der Waals surface area (Å²) in [5, 5.41) is 4.38. The highest BCUT2D eigenvalue weighted by molar-refractivity contribution is 7.80. The lowest BCUT2D eigenvalue weighted by Gasteiger charge is -2.29. The molecule has 0 radical (unpaired) electrons. The fraction of sp³-hybridized carbons (Fsp3) is 0.407. The van der Waals surface area contributed by atoms with Crippen LogP contribution in [0.15, 0.2) is 48.7 Å². The molecule has 1 saturated carbocycles. The van der Waals surface area contributed by atoms with Gasteiger partial charge in [0.15, 0.2) is 5.11 Å². The van der Waals surface area contributed by atoms with Crippen molar-refractivity contribution in [1.82, 2.24) is 14.9 Å². The maximum absolute atomic E-state index is 5.93. The van der Waals surface area contributed by atoms with Gasteiger partial charge in [-0.05, 0) is 99.8 Å². The zero-order chi connectivity index (χ0) is 22.4. The van der Waals surface area contributed by atoms with Crippen LogP contribution in [0.5, 0.6) is 0 Å². The van der Waals surface area contributed by atoms with Gasteiger partial charge in [0.2, 0.25) is 0 Å². The number of nitrogens with zero attached hydrogens (tertiary/aromatic N) is 3. The van der Waals surface area contributed by atoms with Crippen LogP contribution in [0.4, 0.5) is 5.69 Å². The highest BCUT2D eigenvalue weighted by Gasteiger charge is 2.42. The van der Waals surface area contributed by atoms with Crippen LogP contribution in [-0.4, -0.2) is 14.7 Å². The maximum atomic E-state index is 5.93. The van der Waals surface area contributed by atoms with Crippen LogP contribution >= 0.6 is 12.2 Å². The van der Waals surface area contributed by atoms with Crippen LogP contribution in [-0.2, 0) is 0 Å². The van der Waals surface area contributed by atoms with Crippen molar-refractivity contribution in [3.05, 3.63) is 82.4 Å². The Labute approximate surface area is 196 Å². The van der Waals surface area contributed by atoms with E-state index >= 15 is 0 Å². The third-order valence-corrected chi connectivity index (χ3v) is 7.43. The summed E-state index contributed by atoms with van der Waals surface area (Å²) in [6, 6.07) is 15.9. The number of nitrogens with one attached hydrogen (secondary N) is 1. The highest BCUT2D eigenvalue weighted by atomic mass is 32.1. The monoisotopic (exact) mass is 444 g/mol. The van der Waals surface area contributed by atoms with E-state index in [-0.39, 0.29) is 12.1 Å². The summed E-state index contributed by atoms with van der Waals surface area (Å²) in [4.78, 5) is 7.03. The Morgan fingerprint density at radius 2 is 1.69 bits per heavy atom. The molecule has 5 rings (SSSR count). The van der Waals surface area contributed by atoms with Crippen LogP contribution in [0.2, 0.25) is 0 Å². The molecule has 4 nitrogen and oxygen atoms in total. The summed E-state index contributed by atoms with van der Waals surface area (Å²) in [6.07, 6.45) is 7.09. The van der Waals surface area contributed by atoms with E-state index in [0.29, 0.717) is 6.04 Å². The van der Waals surface area contributed by atoms with Crippen molar-refractivity contribution in [3.8, 4) is 0 Å². The van der Waals surface area contributed by atoms with Gasteiger partial charge < -0.3 is 14.8 Å². The number of aryl methyl sites for hydroxylation is 3. The summed E-state index contributed by atoms with van der Waals surface area (Å²) in [6.45, 7) is 8.85. The average molecular weight is 445 g/mol. The van der Waals surface area contributed by atoms with Gasteiger partial charge in [-0.15, -0.1) is 0 Å². The zero-order valence-electron chi connectivity index (χ0n) is 19.4. The average Bonchev–Trinajstić information content (AvgIpc) is 3.46. The molecule has 1 aliphatic carbocycles. The minimum absolute atomic E-state index is 0.00189. The van der Waals surface area contributed by atoms with Crippen molar-refractivity contribution in [2.75, 3.05) is 4.90 Å². The van der Waals surface area contributed by atoms with Gasteiger partial charge in [0.25, 0.3) is 0 Å². The number of rotatable bonds is 4. The van der Waals surface area contributed by atoms with Crippen molar-refractivity contribution in [2.45, 2.75) is 71.5 Å². The molecule has 2 fully saturated rings. The molecule has 5 heteroatoms. The molecule has 0 unspecified atom stereocenters. The molecule has 166 valence electrons. The molecule has 0 amide bonds. The smallest absolute Gasteiger partial charge is 0.174 e. The number of anilines is 1. The van der Waals surface area contributed by atoms with Crippen molar-refractivity contribution < 1.29 is 0 Å². The minimum Gasteiger partial charge on any atom is -0.351 e. The zero-order valence-corrected chi connectivity index (χ0v) is 20.2. The van der Waals surface area contributed by atoms with Gasteiger partial charge in [0.1, 0.15) is 0 Å². The Bertz CT molecular complexity index is 1120. The normalized spacial score (nSPS) is 21.4. The van der Waals surface area contributed by atoms with Crippen molar-refractivity contribution in [3.63, 3.8) is 0 Å². The van der Waals surface area contributed by atoms with E-state index in [0.717, 1.165) is 16.5 Å². The van der Waals surface area contributed by atoms with Gasteiger partial charge in [-0.1, -0.05) is 25.0 Å². The van der Waals surface area contributed by atoms with E-state index in [9.17, 15) is 0 Å². The van der Waals surface area contributed by atoms with E-state index in [4.69, 9.17) is 17.2 Å². The quantitative estimate of drug-likeness (QED) is 0.472. The molecule has 1 N–H and O–H groups in total. The van der Waals surface area contributed by atoms with Crippen LogP contribution in [0.25, 0.3) is 0 Å². The Kier molecular flexibility index (Phi) is 5.54. The third-order valence-electron chi connectivity index (χ3n) is 7.11. The first-order chi connectivity index (χ1) is 15.4. The second-order valence-corrected chi connectivity index (χ2v) is 9.86. The van der Waals surface area contributed by atoms with E-state index in [1.165, 1.54) is 53.8 Å². The number of hydrogen-bond acceptors (Lipinski definition) is 2. The highest BCUT2D eigenvalue weighted by Crippen LogP contribution is 2.45. The molecule has 0 bridgehead atoms. The second kappa shape index (κ2) is 8.36. The number of thiocarbonyl (C=S) groups is 1. The summed E-state index contributed by atoms with van der Waals surface area (Å²) in [5.74, 6) is 0. The topological polar surface area (TPSA) is 33.1 Å². The third kappa shape index (κ3) is 3.62. The summed E-state index contributed by atoms with van der Waals surface area (Å²) >= 11 is 5.93. The first-order valence-corrected chi connectivity index (χ1v) is 12.1. The van der Waals surface area contributed by atoms with E-state index in [2.05, 4.69) is 78.9 Å². The van der Waals surface area contributed by atoms with E-state index < -0.39 is 0 Å². The maximum Gasteiger partial charge on any atom is 0.174 e. The minimum atomic E-state index is 0.00189. The van der Waals surface area contributed by atoms with Gasteiger partial charge in [-0.3, -0.25) is 4.98 Å². The summed E-state index contributed by atoms with van der Waals surface area (Å²) in [5.41, 5.74) is 8.73. The van der Waals surface area contributed by atoms with Gasteiger partial charge in [0, 0.05) is 29.3 Å². The van der Waals surface area contributed by atoms with Gasteiger partial charge in [0.05, 0.1) is 17.8 Å². The van der Waals surface area contributed by atoms with Crippen LogP contribution in [0.1, 0.15) is 77.6 Å². The molecule has 0 spiro atoms. The SMILES string of the molecule is Cc1cc(C)cc(N2C(=S)N[C@H](c3ccccn3)[C@H]2c2cc(C)n(C3CCCC3)c2C)c1. The largest absolute Gasteiger partial charge is 0.351 e. The Hall–Kier alpha value is -2.66. The number of pyridine rings is 1. The Morgan fingerprint density at radius 1 is 0.969 bits per heavy atom. The number of aromatic nitrogens is 2. The Morgan fingerprint density at radius 3 is 2.34 bits per heavy atom. The molecule has 3 aromatic rings. The van der Waals surface area contributed by atoms with E-state index in [1.54, 1.807) is 0 Å². The molecule has 3 heterocycles. The molecule has 2 aliphatic rings. The lowest BCUT2D eigenvalue weighted by molar-refractivity contribution is 0.494. The molecule has 1 aromatic carbocycles. The second-order valence-electron chi connectivity index (χ2n) is 9.48. The number of hydrogen-bond donors (Lipinski definition) is 1. The van der Waals surface area contributed by atoms with Gasteiger partial charge in [-0.2, -0.15) is 0 Å². The molecule has 1 aliphatic heterocycles. The van der Waals surface area contributed by atoms with Crippen LogP contribution < -0.4 is 10.2 Å². The predicted molar refractivity (Wildman–Crippen MR) is 135 cm³/mol. The summed E-state index contributed by atoms with van der Waals surface area (Å²) in [7, 11) is 0. The van der Waals surface area contributed by atoms with Crippen molar-refractivity contribution in [2.24, 2.45) is 0 Å².